The second kappa shape index (κ2) is 6.07. The summed E-state index contributed by atoms with van der Waals surface area (Å²) in [5, 5.41) is 6.25. The van der Waals surface area contributed by atoms with E-state index in [1.54, 1.807) is 29.6 Å². The normalized spacial score (nSPS) is 15.6. The molecule has 2 aromatic carbocycles. The Labute approximate surface area is 157 Å². The summed E-state index contributed by atoms with van der Waals surface area (Å²) >= 11 is 1.33. The van der Waals surface area contributed by atoms with Crippen molar-refractivity contribution in [1.82, 2.24) is 4.98 Å². The van der Waals surface area contributed by atoms with Crippen LogP contribution in [0.3, 0.4) is 0 Å². The quantitative estimate of drug-likeness (QED) is 0.426. The lowest BCUT2D eigenvalue weighted by Crippen LogP contribution is -2.10. The highest BCUT2D eigenvalue weighted by molar-refractivity contribution is 7.14. The summed E-state index contributed by atoms with van der Waals surface area (Å²) in [6.45, 7) is 0. The second-order valence-electron chi connectivity index (χ2n) is 6.04. The molecule has 27 heavy (non-hydrogen) atoms. The molecule has 0 bridgehead atoms. The van der Waals surface area contributed by atoms with Gasteiger partial charge in [0.1, 0.15) is 5.58 Å². The van der Waals surface area contributed by atoms with Crippen molar-refractivity contribution in [3.8, 4) is 11.3 Å². The molecule has 4 aromatic rings. The van der Waals surface area contributed by atoms with Crippen LogP contribution in [0.25, 0.3) is 22.2 Å². The number of thiazole rings is 1. The minimum atomic E-state index is -0.597. The molecule has 1 atom stereocenters. The van der Waals surface area contributed by atoms with Crippen LogP contribution in [0.1, 0.15) is 22.1 Å². The minimum Gasteiger partial charge on any atom is -0.434 e. The third-order valence-corrected chi connectivity index (χ3v) is 5.14. The van der Waals surface area contributed by atoms with E-state index in [-0.39, 0.29) is 5.97 Å². The van der Waals surface area contributed by atoms with E-state index in [2.05, 4.69) is 10.3 Å². The number of esters is 1. The minimum absolute atomic E-state index is 0.366. The molecule has 0 radical (unpaired) electrons. The highest BCUT2D eigenvalue weighted by Gasteiger charge is 2.31. The molecule has 1 aliphatic rings. The van der Waals surface area contributed by atoms with Crippen LogP contribution in [0.2, 0.25) is 0 Å². The van der Waals surface area contributed by atoms with Gasteiger partial charge in [-0.2, -0.15) is 0 Å². The number of carbonyl (C=O) groups excluding carboxylic acids is 1. The first-order valence-corrected chi connectivity index (χ1v) is 9.12. The van der Waals surface area contributed by atoms with Crippen LogP contribution in [-0.2, 0) is 4.74 Å². The van der Waals surface area contributed by atoms with Crippen molar-refractivity contribution in [2.75, 3.05) is 5.32 Å². The van der Waals surface area contributed by atoms with Crippen molar-refractivity contribution >= 4 is 33.4 Å². The Balaban J connectivity index is 1.47. The van der Waals surface area contributed by atoms with Gasteiger partial charge in [-0.15, -0.1) is 11.3 Å². The molecule has 7 heteroatoms. The Morgan fingerprint density at radius 1 is 1.00 bits per heavy atom. The maximum absolute atomic E-state index is 12.3. The monoisotopic (exact) mass is 376 g/mol. The number of aromatic nitrogens is 1. The number of nitrogens with zero attached hydrogens (tertiary/aromatic N) is 1. The maximum atomic E-state index is 12.3. The van der Waals surface area contributed by atoms with E-state index in [1.807, 2.05) is 30.3 Å². The van der Waals surface area contributed by atoms with Crippen LogP contribution in [0.15, 0.2) is 69.2 Å². The summed E-state index contributed by atoms with van der Waals surface area (Å²) in [6, 6.07) is 16.3. The zero-order valence-corrected chi connectivity index (χ0v) is 14.7. The van der Waals surface area contributed by atoms with Crippen molar-refractivity contribution in [3.05, 3.63) is 81.5 Å². The van der Waals surface area contributed by atoms with Gasteiger partial charge in [-0.05, 0) is 18.2 Å². The van der Waals surface area contributed by atoms with E-state index in [4.69, 9.17) is 9.15 Å². The van der Waals surface area contributed by atoms with E-state index in [0.717, 1.165) is 10.9 Å². The topological polar surface area (TPSA) is 81.4 Å². The number of hydrogen-bond donors (Lipinski definition) is 1. The Morgan fingerprint density at radius 3 is 2.74 bits per heavy atom. The molecule has 0 aliphatic carbocycles. The first-order valence-electron chi connectivity index (χ1n) is 8.24. The fourth-order valence-corrected chi connectivity index (χ4v) is 3.80. The molecule has 0 amide bonds. The van der Waals surface area contributed by atoms with Gasteiger partial charge in [0.15, 0.2) is 5.13 Å². The number of cyclic esters (lactones) is 1. The average molecular weight is 376 g/mol. The predicted octanol–water partition coefficient (Wildman–Crippen LogP) is 4.20. The number of ether oxygens (including phenoxy) is 1. The van der Waals surface area contributed by atoms with E-state index >= 15 is 0 Å². The second-order valence-corrected chi connectivity index (χ2v) is 6.90. The number of benzene rings is 2. The number of fused-ring (bicyclic) bond motifs is 2. The number of carbonyl (C=O) groups is 1. The summed E-state index contributed by atoms with van der Waals surface area (Å²) in [5.41, 5.74) is 2.31. The lowest BCUT2D eigenvalue weighted by Gasteiger charge is -2.11. The molecule has 132 valence electrons. The number of nitrogens with one attached hydrogen (secondary N) is 1. The molecule has 0 saturated heterocycles. The van der Waals surface area contributed by atoms with Crippen LogP contribution in [0.5, 0.6) is 0 Å². The van der Waals surface area contributed by atoms with Crippen LogP contribution < -0.4 is 10.9 Å². The van der Waals surface area contributed by atoms with Crippen LogP contribution in [0, 0.1) is 0 Å². The van der Waals surface area contributed by atoms with Gasteiger partial charge in [-0.3, -0.25) is 0 Å². The van der Waals surface area contributed by atoms with Gasteiger partial charge in [0.25, 0.3) is 0 Å². The largest absolute Gasteiger partial charge is 0.434 e. The number of para-hydroxylation sites is 1. The molecular formula is C20H12N2O4S. The molecule has 6 nitrogen and oxygen atoms in total. The number of hydrogen-bond acceptors (Lipinski definition) is 7. The summed E-state index contributed by atoms with van der Waals surface area (Å²) in [4.78, 5) is 28.7. The zero-order valence-electron chi connectivity index (χ0n) is 13.8. The lowest BCUT2D eigenvalue weighted by molar-refractivity contribution is 0.0437. The van der Waals surface area contributed by atoms with E-state index in [9.17, 15) is 9.59 Å². The zero-order chi connectivity index (χ0) is 18.4. The third-order valence-electron chi connectivity index (χ3n) is 4.36. The Kier molecular flexibility index (Phi) is 3.54. The van der Waals surface area contributed by atoms with Crippen molar-refractivity contribution in [1.29, 1.82) is 0 Å². The molecule has 5 rings (SSSR count). The molecule has 1 aliphatic heterocycles. The predicted molar refractivity (Wildman–Crippen MR) is 102 cm³/mol. The number of rotatable bonds is 3. The Morgan fingerprint density at radius 2 is 1.81 bits per heavy atom. The van der Waals surface area contributed by atoms with Gasteiger partial charge in [-0.1, -0.05) is 36.4 Å². The van der Waals surface area contributed by atoms with Crippen molar-refractivity contribution in [2.24, 2.45) is 0 Å². The first kappa shape index (κ1) is 15.8. The molecule has 0 fully saturated rings. The van der Waals surface area contributed by atoms with Gasteiger partial charge >= 0.3 is 11.6 Å². The standard InChI is InChI=1S/C20H12N2O4S/c23-18-13-7-3-2-6-12(13)17(26-18)22-20-21-15(10-27-20)14-9-11-5-1-4-8-16(11)25-19(14)24/h1-10,17H,(H,21,22)/t17-/m1/s1. The summed E-state index contributed by atoms with van der Waals surface area (Å²) < 4.78 is 10.7. The summed E-state index contributed by atoms with van der Waals surface area (Å²) in [6.07, 6.45) is -0.597. The fraction of sp³-hybridized carbons (Fsp3) is 0.0500. The highest BCUT2D eigenvalue weighted by Crippen LogP contribution is 2.33. The highest BCUT2D eigenvalue weighted by atomic mass is 32.1. The summed E-state index contributed by atoms with van der Waals surface area (Å²) in [7, 11) is 0. The molecule has 2 aromatic heterocycles. The van der Waals surface area contributed by atoms with Crippen LogP contribution in [-0.4, -0.2) is 11.0 Å². The van der Waals surface area contributed by atoms with Crippen LogP contribution >= 0.6 is 11.3 Å². The maximum Gasteiger partial charge on any atom is 0.345 e. The molecule has 3 heterocycles. The van der Waals surface area contributed by atoms with Gasteiger partial charge < -0.3 is 14.5 Å². The SMILES string of the molecule is O=C1O[C@@H](Nc2nc(-c3cc4ccccc4oc3=O)cs2)c2ccccc21. The molecule has 0 spiro atoms. The van der Waals surface area contributed by atoms with Gasteiger partial charge in [0.05, 0.1) is 16.8 Å². The Bertz CT molecular complexity index is 1240. The Hall–Kier alpha value is -3.45. The molecule has 0 unspecified atom stereocenters. The van der Waals surface area contributed by atoms with E-state index < -0.39 is 11.9 Å². The average Bonchev–Trinajstić information content (AvgIpc) is 3.27. The van der Waals surface area contributed by atoms with Gasteiger partial charge in [0, 0.05) is 16.3 Å². The lowest BCUT2D eigenvalue weighted by atomic mass is 10.1. The van der Waals surface area contributed by atoms with E-state index in [1.165, 1.54) is 11.3 Å². The smallest absolute Gasteiger partial charge is 0.345 e. The first-order chi connectivity index (χ1) is 13.2. The van der Waals surface area contributed by atoms with Crippen LogP contribution in [0.4, 0.5) is 5.13 Å². The fourth-order valence-electron chi connectivity index (χ4n) is 3.07. The number of anilines is 1. The molecular weight excluding hydrogens is 364 g/mol. The van der Waals surface area contributed by atoms with Gasteiger partial charge in [0.2, 0.25) is 6.23 Å². The summed E-state index contributed by atoms with van der Waals surface area (Å²) in [5.74, 6) is -0.366. The van der Waals surface area contributed by atoms with E-state index in [0.29, 0.717) is 27.5 Å². The molecule has 1 N–H and O–H groups in total. The van der Waals surface area contributed by atoms with Crippen molar-refractivity contribution < 1.29 is 13.9 Å². The van der Waals surface area contributed by atoms with Crippen molar-refractivity contribution in [2.45, 2.75) is 6.23 Å². The van der Waals surface area contributed by atoms with Crippen molar-refractivity contribution in [3.63, 3.8) is 0 Å². The third kappa shape index (κ3) is 2.69. The van der Waals surface area contributed by atoms with Gasteiger partial charge in [-0.25, -0.2) is 14.6 Å². The molecule has 0 saturated carbocycles.